The van der Waals surface area contributed by atoms with E-state index in [1.807, 2.05) is 36.4 Å². The fourth-order valence-electron chi connectivity index (χ4n) is 2.20. The minimum Gasteiger partial charge on any atom is -0.497 e. The summed E-state index contributed by atoms with van der Waals surface area (Å²) in [5, 5.41) is 5.98. The SMILES string of the molecule is COc1ccc2c(Sc3ccc(NS(N)(=O)=O)cc3)ccnc2c1. The van der Waals surface area contributed by atoms with Crippen LogP contribution < -0.4 is 14.6 Å². The average molecular weight is 361 g/mol. The number of nitrogens with one attached hydrogen (secondary N) is 1. The van der Waals surface area contributed by atoms with Crippen molar-refractivity contribution in [3.05, 3.63) is 54.7 Å². The van der Waals surface area contributed by atoms with Gasteiger partial charge in [0.2, 0.25) is 0 Å². The lowest BCUT2D eigenvalue weighted by atomic mass is 10.2. The Morgan fingerprint density at radius 3 is 2.54 bits per heavy atom. The highest BCUT2D eigenvalue weighted by atomic mass is 32.2. The van der Waals surface area contributed by atoms with Gasteiger partial charge in [-0.15, -0.1) is 0 Å². The van der Waals surface area contributed by atoms with Crippen molar-refractivity contribution in [3.63, 3.8) is 0 Å². The molecule has 24 heavy (non-hydrogen) atoms. The number of rotatable bonds is 5. The Morgan fingerprint density at radius 2 is 1.88 bits per heavy atom. The van der Waals surface area contributed by atoms with E-state index in [2.05, 4.69) is 9.71 Å². The van der Waals surface area contributed by atoms with E-state index < -0.39 is 10.2 Å². The smallest absolute Gasteiger partial charge is 0.296 e. The molecule has 0 amide bonds. The lowest BCUT2D eigenvalue weighted by molar-refractivity contribution is 0.415. The third-order valence-corrected chi connectivity index (χ3v) is 4.86. The third kappa shape index (κ3) is 3.97. The van der Waals surface area contributed by atoms with Crippen molar-refractivity contribution in [3.8, 4) is 5.75 Å². The van der Waals surface area contributed by atoms with Crippen LogP contribution in [0.15, 0.2) is 64.5 Å². The molecule has 0 radical (unpaired) electrons. The lowest BCUT2D eigenvalue weighted by Gasteiger charge is -2.08. The van der Waals surface area contributed by atoms with E-state index in [4.69, 9.17) is 9.88 Å². The summed E-state index contributed by atoms with van der Waals surface area (Å²) in [7, 11) is -2.14. The predicted molar refractivity (Wildman–Crippen MR) is 95.6 cm³/mol. The monoisotopic (exact) mass is 361 g/mol. The Kier molecular flexibility index (Phi) is 4.61. The first-order valence-corrected chi connectivity index (χ1v) is 9.32. The number of ether oxygens (including phenoxy) is 1. The van der Waals surface area contributed by atoms with Crippen molar-refractivity contribution in [1.82, 2.24) is 4.98 Å². The summed E-state index contributed by atoms with van der Waals surface area (Å²) in [4.78, 5) is 6.38. The minimum absolute atomic E-state index is 0.422. The molecule has 0 aliphatic rings. The summed E-state index contributed by atoms with van der Waals surface area (Å²) < 4.78 is 29.5. The van der Waals surface area contributed by atoms with E-state index in [1.165, 1.54) is 0 Å². The molecule has 0 aliphatic carbocycles. The number of fused-ring (bicyclic) bond motifs is 1. The predicted octanol–water partition coefficient (Wildman–Crippen LogP) is 3.01. The normalized spacial score (nSPS) is 11.4. The van der Waals surface area contributed by atoms with E-state index in [9.17, 15) is 8.42 Å². The van der Waals surface area contributed by atoms with Crippen LogP contribution in [0.25, 0.3) is 10.9 Å². The number of pyridine rings is 1. The van der Waals surface area contributed by atoms with Crippen molar-refractivity contribution in [2.75, 3.05) is 11.8 Å². The van der Waals surface area contributed by atoms with Gasteiger partial charge in [-0.2, -0.15) is 8.42 Å². The molecule has 1 heterocycles. The number of nitrogens with zero attached hydrogens (tertiary/aromatic N) is 1. The van der Waals surface area contributed by atoms with Crippen molar-refractivity contribution in [2.45, 2.75) is 9.79 Å². The number of aromatic nitrogens is 1. The Bertz CT molecular complexity index is 974. The summed E-state index contributed by atoms with van der Waals surface area (Å²) in [6.07, 6.45) is 1.75. The molecule has 8 heteroatoms. The number of methoxy groups -OCH3 is 1. The maximum absolute atomic E-state index is 11.0. The van der Waals surface area contributed by atoms with Crippen LogP contribution >= 0.6 is 11.8 Å². The molecule has 3 N–H and O–H groups in total. The molecule has 0 spiro atoms. The first-order valence-electron chi connectivity index (χ1n) is 6.96. The zero-order valence-electron chi connectivity index (χ0n) is 12.8. The zero-order valence-corrected chi connectivity index (χ0v) is 14.4. The van der Waals surface area contributed by atoms with Gasteiger partial charge in [0.05, 0.1) is 12.6 Å². The lowest BCUT2D eigenvalue weighted by Crippen LogP contribution is -2.21. The molecule has 0 fully saturated rings. The molecule has 0 unspecified atom stereocenters. The zero-order chi connectivity index (χ0) is 17.2. The number of hydrogen-bond donors (Lipinski definition) is 2. The molecule has 1 aromatic heterocycles. The molecule has 3 rings (SSSR count). The van der Waals surface area contributed by atoms with E-state index in [-0.39, 0.29) is 0 Å². The molecular weight excluding hydrogens is 346 g/mol. The summed E-state index contributed by atoms with van der Waals surface area (Å²) in [6, 6.07) is 14.7. The van der Waals surface area contributed by atoms with Gasteiger partial charge in [0.25, 0.3) is 10.2 Å². The van der Waals surface area contributed by atoms with Gasteiger partial charge in [-0.25, -0.2) is 5.14 Å². The Labute approximate surface area is 144 Å². The second-order valence-electron chi connectivity index (χ2n) is 4.97. The van der Waals surface area contributed by atoms with Crippen LogP contribution in [0.4, 0.5) is 5.69 Å². The van der Waals surface area contributed by atoms with Crippen molar-refractivity contribution < 1.29 is 13.2 Å². The van der Waals surface area contributed by atoms with E-state index in [0.29, 0.717) is 5.69 Å². The third-order valence-electron chi connectivity index (χ3n) is 3.25. The molecule has 0 saturated heterocycles. The second-order valence-corrected chi connectivity index (χ2v) is 7.38. The van der Waals surface area contributed by atoms with Gasteiger partial charge in [0, 0.05) is 33.1 Å². The van der Waals surface area contributed by atoms with Gasteiger partial charge < -0.3 is 4.74 Å². The molecule has 0 bridgehead atoms. The molecular formula is C16H15N3O3S2. The molecule has 0 saturated carbocycles. The molecule has 124 valence electrons. The number of benzene rings is 2. The second kappa shape index (κ2) is 6.68. The summed E-state index contributed by atoms with van der Waals surface area (Å²) in [5.41, 5.74) is 1.28. The van der Waals surface area contributed by atoms with Crippen LogP contribution in [0.3, 0.4) is 0 Å². The fourth-order valence-corrected chi connectivity index (χ4v) is 3.60. The minimum atomic E-state index is -3.76. The molecule has 6 nitrogen and oxygen atoms in total. The van der Waals surface area contributed by atoms with Crippen LogP contribution in [0.1, 0.15) is 0 Å². The molecule has 0 atom stereocenters. The van der Waals surface area contributed by atoms with Crippen molar-refractivity contribution in [1.29, 1.82) is 0 Å². The standard InChI is InChI=1S/C16H15N3O3S2/c1-22-12-4-7-14-15(10-12)18-9-8-16(14)23-13-5-2-11(3-6-13)19-24(17,20)21/h2-10,19H,1H3,(H2,17,20,21). The highest BCUT2D eigenvalue weighted by Gasteiger charge is 2.07. The van der Waals surface area contributed by atoms with Gasteiger partial charge in [0.1, 0.15) is 5.75 Å². The van der Waals surface area contributed by atoms with Crippen LogP contribution in [0.2, 0.25) is 0 Å². The number of nitrogens with two attached hydrogens (primary N) is 1. The van der Waals surface area contributed by atoms with Crippen LogP contribution in [-0.4, -0.2) is 20.5 Å². The van der Waals surface area contributed by atoms with Crippen LogP contribution in [0, 0.1) is 0 Å². The van der Waals surface area contributed by atoms with Gasteiger partial charge >= 0.3 is 0 Å². The van der Waals surface area contributed by atoms with E-state index >= 15 is 0 Å². The van der Waals surface area contributed by atoms with Crippen LogP contribution in [0.5, 0.6) is 5.75 Å². The number of anilines is 1. The first-order chi connectivity index (χ1) is 11.4. The topological polar surface area (TPSA) is 94.3 Å². The maximum Gasteiger partial charge on any atom is 0.296 e. The summed E-state index contributed by atoms with van der Waals surface area (Å²) >= 11 is 1.57. The Balaban J connectivity index is 1.87. The van der Waals surface area contributed by atoms with Gasteiger partial charge in [0.15, 0.2) is 0 Å². The highest BCUT2D eigenvalue weighted by Crippen LogP contribution is 2.34. The molecule has 2 aromatic carbocycles. The Hall–Kier alpha value is -2.29. The quantitative estimate of drug-likeness (QED) is 0.728. The van der Waals surface area contributed by atoms with Crippen molar-refractivity contribution in [2.24, 2.45) is 5.14 Å². The van der Waals surface area contributed by atoms with E-state index in [0.717, 1.165) is 26.4 Å². The summed E-state index contributed by atoms with van der Waals surface area (Å²) in [5.74, 6) is 0.760. The first kappa shape index (κ1) is 16.6. The largest absolute Gasteiger partial charge is 0.497 e. The molecule has 3 aromatic rings. The van der Waals surface area contributed by atoms with E-state index in [1.54, 1.807) is 37.2 Å². The van der Waals surface area contributed by atoms with Gasteiger partial charge in [-0.05, 0) is 42.5 Å². The average Bonchev–Trinajstić information content (AvgIpc) is 2.55. The fraction of sp³-hybridized carbons (Fsp3) is 0.0625. The maximum atomic E-state index is 11.0. The number of hydrogen-bond acceptors (Lipinski definition) is 5. The highest BCUT2D eigenvalue weighted by molar-refractivity contribution is 7.99. The van der Waals surface area contributed by atoms with Gasteiger partial charge in [-0.1, -0.05) is 11.8 Å². The Morgan fingerprint density at radius 1 is 1.12 bits per heavy atom. The van der Waals surface area contributed by atoms with Gasteiger partial charge in [-0.3, -0.25) is 9.71 Å². The van der Waals surface area contributed by atoms with Crippen LogP contribution in [-0.2, 0) is 10.2 Å². The molecule has 0 aliphatic heterocycles. The summed E-state index contributed by atoms with van der Waals surface area (Å²) in [6.45, 7) is 0. The van der Waals surface area contributed by atoms with Crippen molar-refractivity contribution >= 4 is 38.6 Å².